The summed E-state index contributed by atoms with van der Waals surface area (Å²) in [6.45, 7) is 4.45. The van der Waals surface area contributed by atoms with Crippen LogP contribution in [0.1, 0.15) is 27.2 Å². The molecule has 1 aromatic carbocycles. The summed E-state index contributed by atoms with van der Waals surface area (Å²) in [5.74, 6) is 0.592. The van der Waals surface area contributed by atoms with Crippen LogP contribution in [-0.2, 0) is 6.54 Å². The molecular weight excluding hydrogens is 326 g/mol. The average molecular weight is 345 g/mol. The molecule has 130 valence electrons. The third-order valence-electron chi connectivity index (χ3n) is 4.62. The lowest BCUT2D eigenvalue weighted by atomic mass is 10.1. The number of carbonyl (C=O) groups excluding carboxylic acids is 1. The van der Waals surface area contributed by atoms with E-state index in [2.05, 4.69) is 27.3 Å². The van der Waals surface area contributed by atoms with Gasteiger partial charge in [-0.2, -0.15) is 5.10 Å². The topological polar surface area (TPSA) is 75.6 Å². The van der Waals surface area contributed by atoms with Crippen LogP contribution in [0.15, 0.2) is 55.0 Å². The number of pyridine rings is 1. The maximum atomic E-state index is 12.8. The van der Waals surface area contributed by atoms with Gasteiger partial charge in [0.25, 0.3) is 5.91 Å². The molecule has 0 fully saturated rings. The number of nitrogens with zero attached hydrogens (tertiary/aromatic N) is 3. The van der Waals surface area contributed by atoms with Gasteiger partial charge in [-0.15, -0.1) is 0 Å². The minimum Gasteiger partial charge on any atom is -0.358 e. The summed E-state index contributed by atoms with van der Waals surface area (Å²) in [5, 5.41) is 8.30. The summed E-state index contributed by atoms with van der Waals surface area (Å²) in [5.41, 5.74) is 4.66. The number of benzene rings is 1. The number of carbonyl (C=O) groups is 1. The first kappa shape index (κ1) is 16.1. The van der Waals surface area contributed by atoms with Crippen molar-refractivity contribution < 1.29 is 4.79 Å². The van der Waals surface area contributed by atoms with E-state index in [1.165, 1.54) is 5.56 Å². The lowest BCUT2D eigenvalue weighted by molar-refractivity contribution is 0.0952. The van der Waals surface area contributed by atoms with Crippen LogP contribution in [0.25, 0.3) is 16.7 Å². The number of fused-ring (bicyclic) bond motifs is 1. The number of amides is 1. The second-order valence-corrected chi connectivity index (χ2v) is 6.22. The first-order valence-electron chi connectivity index (χ1n) is 8.45. The molecule has 0 atom stereocenters. The largest absolute Gasteiger partial charge is 0.358 e. The lowest BCUT2D eigenvalue weighted by Crippen LogP contribution is -2.24. The molecule has 0 saturated carbocycles. The second kappa shape index (κ2) is 6.48. The van der Waals surface area contributed by atoms with Crippen LogP contribution in [0.5, 0.6) is 0 Å². The van der Waals surface area contributed by atoms with Gasteiger partial charge in [-0.05, 0) is 37.6 Å². The molecule has 0 bridgehead atoms. The van der Waals surface area contributed by atoms with Crippen LogP contribution in [-0.4, -0.2) is 25.7 Å². The smallest absolute Gasteiger partial charge is 0.253 e. The first-order valence-corrected chi connectivity index (χ1v) is 8.45. The molecular formula is C20H19N5O. The van der Waals surface area contributed by atoms with Crippen molar-refractivity contribution in [3.8, 4) is 5.82 Å². The molecule has 26 heavy (non-hydrogen) atoms. The monoisotopic (exact) mass is 345 g/mol. The van der Waals surface area contributed by atoms with E-state index in [1.54, 1.807) is 17.1 Å². The molecule has 0 aliphatic heterocycles. The Labute approximate surface area is 150 Å². The zero-order valence-electron chi connectivity index (χ0n) is 14.7. The van der Waals surface area contributed by atoms with Crippen LogP contribution >= 0.6 is 0 Å². The van der Waals surface area contributed by atoms with E-state index in [-0.39, 0.29) is 5.91 Å². The van der Waals surface area contributed by atoms with Gasteiger partial charge in [0.2, 0.25) is 0 Å². The normalized spacial score (nSPS) is 11.0. The van der Waals surface area contributed by atoms with Gasteiger partial charge in [-0.1, -0.05) is 18.2 Å². The fourth-order valence-electron chi connectivity index (χ4n) is 3.11. The average Bonchev–Trinajstić information content (AvgIpc) is 3.29. The predicted molar refractivity (Wildman–Crippen MR) is 100 cm³/mol. The van der Waals surface area contributed by atoms with E-state index in [1.807, 2.05) is 49.5 Å². The Morgan fingerprint density at radius 2 is 2.04 bits per heavy atom. The lowest BCUT2D eigenvalue weighted by Gasteiger charge is -2.10. The quantitative estimate of drug-likeness (QED) is 0.596. The summed E-state index contributed by atoms with van der Waals surface area (Å²) < 4.78 is 1.69. The number of aryl methyl sites for hydroxylation is 2. The number of nitrogens with one attached hydrogen (secondary N) is 2. The van der Waals surface area contributed by atoms with E-state index in [9.17, 15) is 4.79 Å². The van der Waals surface area contributed by atoms with Gasteiger partial charge in [0.05, 0.1) is 11.1 Å². The fourth-order valence-corrected chi connectivity index (χ4v) is 3.11. The Balaban J connectivity index is 1.60. The molecule has 0 aliphatic rings. The number of rotatable bonds is 4. The number of hydrogen-bond acceptors (Lipinski definition) is 3. The number of para-hydroxylation sites is 1. The number of aromatic nitrogens is 4. The molecule has 6 nitrogen and oxygen atoms in total. The van der Waals surface area contributed by atoms with E-state index in [0.717, 1.165) is 22.2 Å². The van der Waals surface area contributed by atoms with Crippen LogP contribution in [0.2, 0.25) is 0 Å². The van der Waals surface area contributed by atoms with Gasteiger partial charge in [0.15, 0.2) is 5.82 Å². The molecule has 0 aliphatic carbocycles. The standard InChI is InChI=1S/C20H19N5O/c1-13-14(2)24-18-16(13)7-3-8-17(18)20(26)22-12-15-6-4-9-21-19(15)25-11-5-10-23-25/h3-11,24H,12H2,1-2H3,(H,22,26). The molecule has 3 heterocycles. The molecule has 4 rings (SSSR count). The zero-order chi connectivity index (χ0) is 18.1. The minimum absolute atomic E-state index is 0.118. The van der Waals surface area contributed by atoms with Crippen molar-refractivity contribution in [3.05, 3.63) is 77.4 Å². The van der Waals surface area contributed by atoms with Crippen LogP contribution in [0.3, 0.4) is 0 Å². The number of hydrogen-bond donors (Lipinski definition) is 2. The van der Waals surface area contributed by atoms with Crippen LogP contribution in [0, 0.1) is 13.8 Å². The molecule has 2 N–H and O–H groups in total. The van der Waals surface area contributed by atoms with Crippen LogP contribution in [0.4, 0.5) is 0 Å². The zero-order valence-corrected chi connectivity index (χ0v) is 14.7. The van der Waals surface area contributed by atoms with Crippen molar-refractivity contribution in [3.63, 3.8) is 0 Å². The Morgan fingerprint density at radius 1 is 1.15 bits per heavy atom. The molecule has 0 radical (unpaired) electrons. The molecule has 0 unspecified atom stereocenters. The maximum Gasteiger partial charge on any atom is 0.253 e. The summed E-state index contributed by atoms with van der Waals surface area (Å²) in [4.78, 5) is 20.5. The molecule has 6 heteroatoms. The van der Waals surface area contributed by atoms with Gasteiger partial charge in [-0.25, -0.2) is 9.67 Å². The van der Waals surface area contributed by atoms with E-state index >= 15 is 0 Å². The van der Waals surface area contributed by atoms with Gasteiger partial charge < -0.3 is 10.3 Å². The Hall–Kier alpha value is -3.41. The maximum absolute atomic E-state index is 12.8. The predicted octanol–water partition coefficient (Wildman–Crippen LogP) is 3.30. The van der Waals surface area contributed by atoms with Crippen LogP contribution < -0.4 is 5.32 Å². The SMILES string of the molecule is Cc1[nH]c2c(C(=O)NCc3cccnc3-n3cccn3)cccc2c1C. The Bertz CT molecular complexity index is 1080. The summed E-state index contributed by atoms with van der Waals surface area (Å²) in [6.07, 6.45) is 5.25. The van der Waals surface area contributed by atoms with E-state index in [0.29, 0.717) is 17.9 Å². The third-order valence-corrected chi connectivity index (χ3v) is 4.62. The summed E-state index contributed by atoms with van der Waals surface area (Å²) in [7, 11) is 0. The minimum atomic E-state index is -0.118. The molecule has 4 aromatic rings. The number of H-pyrrole nitrogens is 1. The highest BCUT2D eigenvalue weighted by atomic mass is 16.1. The van der Waals surface area contributed by atoms with Gasteiger partial charge in [0, 0.05) is 41.8 Å². The van der Waals surface area contributed by atoms with Gasteiger partial charge >= 0.3 is 0 Å². The molecule has 0 spiro atoms. The molecule has 1 amide bonds. The third kappa shape index (κ3) is 2.75. The first-order chi connectivity index (χ1) is 12.6. The number of aromatic amines is 1. The van der Waals surface area contributed by atoms with Gasteiger partial charge in [-0.3, -0.25) is 4.79 Å². The molecule has 3 aromatic heterocycles. The summed E-state index contributed by atoms with van der Waals surface area (Å²) in [6, 6.07) is 11.4. The summed E-state index contributed by atoms with van der Waals surface area (Å²) >= 11 is 0. The highest BCUT2D eigenvalue weighted by molar-refractivity contribution is 6.06. The van der Waals surface area contributed by atoms with Gasteiger partial charge in [0.1, 0.15) is 0 Å². The molecule has 0 saturated heterocycles. The highest BCUT2D eigenvalue weighted by Gasteiger charge is 2.14. The van der Waals surface area contributed by atoms with Crippen molar-refractivity contribution >= 4 is 16.8 Å². The van der Waals surface area contributed by atoms with Crippen molar-refractivity contribution in [1.82, 2.24) is 25.1 Å². The second-order valence-electron chi connectivity index (χ2n) is 6.22. The van der Waals surface area contributed by atoms with E-state index < -0.39 is 0 Å². The van der Waals surface area contributed by atoms with E-state index in [4.69, 9.17) is 0 Å². The fraction of sp³-hybridized carbons (Fsp3) is 0.150. The Morgan fingerprint density at radius 3 is 2.85 bits per heavy atom. The van der Waals surface area contributed by atoms with Crippen molar-refractivity contribution in [1.29, 1.82) is 0 Å². The van der Waals surface area contributed by atoms with Crippen molar-refractivity contribution in [2.24, 2.45) is 0 Å². The Kier molecular flexibility index (Phi) is 4.01. The van der Waals surface area contributed by atoms with Crippen molar-refractivity contribution in [2.45, 2.75) is 20.4 Å². The van der Waals surface area contributed by atoms with Crippen molar-refractivity contribution in [2.75, 3.05) is 0 Å². The highest BCUT2D eigenvalue weighted by Crippen LogP contribution is 2.24.